The van der Waals surface area contributed by atoms with Gasteiger partial charge in [0.25, 0.3) is 0 Å². The molecule has 0 bridgehead atoms. The van der Waals surface area contributed by atoms with Gasteiger partial charge in [-0.1, -0.05) is 32.9 Å². The lowest BCUT2D eigenvalue weighted by atomic mass is 9.83. The highest BCUT2D eigenvalue weighted by molar-refractivity contribution is 5.77. The number of aromatic nitrogens is 1. The molecule has 1 aliphatic heterocycles. The second-order valence-electron chi connectivity index (χ2n) is 7.21. The Balaban J connectivity index is 2.11. The number of carbonyl (C=O) groups is 1. The van der Waals surface area contributed by atoms with Crippen LogP contribution in [0.3, 0.4) is 0 Å². The van der Waals surface area contributed by atoms with Crippen molar-refractivity contribution in [3.63, 3.8) is 0 Å². The normalized spacial score (nSPS) is 19.3. The van der Waals surface area contributed by atoms with Gasteiger partial charge in [0.05, 0.1) is 6.61 Å². The molecule has 1 fully saturated rings. The second-order valence-corrected chi connectivity index (χ2v) is 7.21. The number of hydrogen-bond acceptors (Lipinski definition) is 5. The fraction of sp³-hybridized carbons (Fsp3) is 0.765. The molecule has 0 spiro atoms. The van der Waals surface area contributed by atoms with E-state index in [1.807, 2.05) is 26.8 Å². The van der Waals surface area contributed by atoms with Crippen LogP contribution >= 0.6 is 0 Å². The molecule has 22 heavy (non-hydrogen) atoms. The van der Waals surface area contributed by atoms with Crippen molar-refractivity contribution in [2.24, 2.45) is 11.3 Å². The first-order chi connectivity index (χ1) is 10.3. The van der Waals surface area contributed by atoms with Gasteiger partial charge in [0.2, 0.25) is 0 Å². The lowest BCUT2D eigenvalue weighted by Crippen LogP contribution is -2.37. The molecule has 0 radical (unpaired) electrons. The smallest absolute Gasteiger partial charge is 0.317 e. The van der Waals surface area contributed by atoms with E-state index in [1.54, 1.807) is 0 Å². The van der Waals surface area contributed by atoms with Gasteiger partial charge >= 0.3 is 5.97 Å². The summed E-state index contributed by atoms with van der Waals surface area (Å²) in [6.45, 7) is 12.7. The predicted octanol–water partition coefficient (Wildman–Crippen LogP) is 3.60. The molecule has 5 heteroatoms. The Morgan fingerprint density at radius 3 is 2.59 bits per heavy atom. The van der Waals surface area contributed by atoms with Gasteiger partial charge < -0.3 is 14.2 Å². The number of carbonyl (C=O) groups excluding carboxylic acids is 1. The number of piperidine rings is 1. The molecule has 0 saturated carbocycles. The van der Waals surface area contributed by atoms with Gasteiger partial charge in [0, 0.05) is 19.2 Å². The van der Waals surface area contributed by atoms with Crippen LogP contribution in [0.5, 0.6) is 0 Å². The molecule has 5 nitrogen and oxygen atoms in total. The Hall–Kier alpha value is -1.52. The summed E-state index contributed by atoms with van der Waals surface area (Å²) in [5, 5.41) is 4.18. The number of hydrogen-bond donors (Lipinski definition) is 0. The van der Waals surface area contributed by atoms with Gasteiger partial charge in [-0.15, -0.1) is 0 Å². The fourth-order valence-electron chi connectivity index (χ4n) is 2.87. The zero-order valence-electron chi connectivity index (χ0n) is 14.4. The van der Waals surface area contributed by atoms with Crippen molar-refractivity contribution < 1.29 is 14.1 Å². The van der Waals surface area contributed by atoms with Crippen molar-refractivity contribution in [2.45, 2.75) is 53.4 Å². The molecule has 1 aromatic rings. The highest BCUT2D eigenvalue weighted by Crippen LogP contribution is 2.34. The number of esters is 1. The highest BCUT2D eigenvalue weighted by Gasteiger charge is 2.32. The topological polar surface area (TPSA) is 55.6 Å². The first-order valence-corrected chi connectivity index (χ1v) is 8.22. The van der Waals surface area contributed by atoms with Crippen molar-refractivity contribution in [1.29, 1.82) is 0 Å². The van der Waals surface area contributed by atoms with E-state index in [9.17, 15) is 4.79 Å². The minimum atomic E-state index is -0.387. The van der Waals surface area contributed by atoms with Crippen LogP contribution in [-0.2, 0) is 9.53 Å². The van der Waals surface area contributed by atoms with E-state index in [4.69, 9.17) is 9.26 Å². The van der Waals surface area contributed by atoms with Crippen molar-refractivity contribution in [2.75, 3.05) is 24.6 Å². The van der Waals surface area contributed by atoms with E-state index < -0.39 is 0 Å². The monoisotopic (exact) mass is 308 g/mol. The van der Waals surface area contributed by atoms with Crippen LogP contribution in [0.15, 0.2) is 10.6 Å². The van der Waals surface area contributed by atoms with Crippen molar-refractivity contribution in [1.82, 2.24) is 5.16 Å². The maximum Gasteiger partial charge on any atom is 0.317 e. The molecular weight excluding hydrogens is 280 g/mol. The first kappa shape index (κ1) is 16.8. The molecule has 1 aromatic heterocycles. The molecule has 0 aromatic carbocycles. The van der Waals surface area contributed by atoms with Gasteiger partial charge in [-0.05, 0) is 31.1 Å². The summed E-state index contributed by atoms with van der Waals surface area (Å²) in [6.07, 6.45) is 2.28. The van der Waals surface area contributed by atoms with E-state index in [1.165, 1.54) is 0 Å². The molecule has 1 aliphatic rings. The zero-order chi connectivity index (χ0) is 16.3. The van der Waals surface area contributed by atoms with E-state index >= 15 is 0 Å². The summed E-state index contributed by atoms with van der Waals surface area (Å²) >= 11 is 0. The standard InChI is InChI=1S/C17H28N2O3/c1-6-21-16(20)15(12(2)3)13-11-14(18-22-13)19-9-7-17(4,5)8-10-19/h11-12,15H,6-10H2,1-5H3. The zero-order valence-corrected chi connectivity index (χ0v) is 14.4. The van der Waals surface area contributed by atoms with Crippen molar-refractivity contribution in [3.05, 3.63) is 11.8 Å². The average molecular weight is 308 g/mol. The van der Waals surface area contributed by atoms with Gasteiger partial charge in [0.15, 0.2) is 11.6 Å². The summed E-state index contributed by atoms with van der Waals surface area (Å²) in [5.74, 6) is 0.927. The number of rotatable bonds is 5. The summed E-state index contributed by atoms with van der Waals surface area (Å²) in [4.78, 5) is 14.4. The van der Waals surface area contributed by atoms with Gasteiger partial charge in [-0.3, -0.25) is 4.79 Å². The molecule has 0 amide bonds. The number of ether oxygens (including phenoxy) is 1. The predicted molar refractivity (Wildman–Crippen MR) is 85.9 cm³/mol. The minimum absolute atomic E-state index is 0.111. The van der Waals surface area contributed by atoms with Crippen molar-refractivity contribution >= 4 is 11.8 Å². The Morgan fingerprint density at radius 2 is 2.05 bits per heavy atom. The van der Waals surface area contributed by atoms with Crippen LogP contribution in [0.25, 0.3) is 0 Å². The molecule has 2 heterocycles. The van der Waals surface area contributed by atoms with Crippen LogP contribution < -0.4 is 4.90 Å². The Labute approximate surface area is 133 Å². The SMILES string of the molecule is CCOC(=O)C(c1cc(N2CCC(C)(C)CC2)no1)C(C)C. The molecule has 0 aliphatic carbocycles. The lowest BCUT2D eigenvalue weighted by Gasteiger charge is -2.36. The molecule has 1 atom stereocenters. The maximum absolute atomic E-state index is 12.1. The molecular formula is C17H28N2O3. The third-order valence-electron chi connectivity index (χ3n) is 4.47. The molecule has 1 saturated heterocycles. The number of anilines is 1. The quantitative estimate of drug-likeness (QED) is 0.778. The summed E-state index contributed by atoms with van der Waals surface area (Å²) < 4.78 is 10.6. The van der Waals surface area contributed by atoms with Crippen molar-refractivity contribution in [3.8, 4) is 0 Å². The Kier molecular flexibility index (Phi) is 5.14. The summed E-state index contributed by atoms with van der Waals surface area (Å²) in [7, 11) is 0. The summed E-state index contributed by atoms with van der Waals surface area (Å²) in [6, 6.07) is 1.90. The highest BCUT2D eigenvalue weighted by atomic mass is 16.5. The largest absolute Gasteiger partial charge is 0.465 e. The number of nitrogens with zero attached hydrogens (tertiary/aromatic N) is 2. The van der Waals surface area contributed by atoms with E-state index in [-0.39, 0.29) is 17.8 Å². The van der Waals surface area contributed by atoms with E-state index in [0.717, 1.165) is 31.7 Å². The Bertz CT molecular complexity index is 498. The van der Waals surface area contributed by atoms with Crippen LogP contribution in [0.1, 0.15) is 59.1 Å². The van der Waals surface area contributed by atoms with Crippen LogP contribution in [0.4, 0.5) is 5.82 Å². The van der Waals surface area contributed by atoms with Crippen LogP contribution in [0.2, 0.25) is 0 Å². The maximum atomic E-state index is 12.1. The van der Waals surface area contributed by atoms with Gasteiger partial charge in [-0.25, -0.2) is 0 Å². The minimum Gasteiger partial charge on any atom is -0.465 e. The van der Waals surface area contributed by atoms with Gasteiger partial charge in [-0.2, -0.15) is 0 Å². The van der Waals surface area contributed by atoms with E-state index in [2.05, 4.69) is 23.9 Å². The third-order valence-corrected chi connectivity index (χ3v) is 4.47. The fourth-order valence-corrected chi connectivity index (χ4v) is 2.87. The third kappa shape index (κ3) is 3.81. The first-order valence-electron chi connectivity index (χ1n) is 8.22. The van der Waals surface area contributed by atoms with Crippen LogP contribution in [0, 0.1) is 11.3 Å². The van der Waals surface area contributed by atoms with Gasteiger partial charge in [0.1, 0.15) is 5.92 Å². The molecule has 124 valence electrons. The van der Waals surface area contributed by atoms with E-state index in [0.29, 0.717) is 17.8 Å². The molecule has 2 rings (SSSR count). The lowest BCUT2D eigenvalue weighted by molar-refractivity contribution is -0.146. The molecule has 0 N–H and O–H groups in total. The van der Waals surface area contributed by atoms with Crippen LogP contribution in [-0.4, -0.2) is 30.8 Å². The molecule has 1 unspecified atom stereocenters. The second kappa shape index (κ2) is 6.71. The average Bonchev–Trinajstić information content (AvgIpc) is 2.88. The summed E-state index contributed by atoms with van der Waals surface area (Å²) in [5.41, 5.74) is 0.397. The Morgan fingerprint density at radius 1 is 1.41 bits per heavy atom.